The first-order valence-corrected chi connectivity index (χ1v) is 10.6. The predicted molar refractivity (Wildman–Crippen MR) is 117 cm³/mol. The van der Waals surface area contributed by atoms with Crippen LogP contribution in [-0.2, 0) is 22.6 Å². The highest BCUT2D eigenvalue weighted by Crippen LogP contribution is 2.12. The Bertz CT molecular complexity index is 766. The number of hydrogen-bond donors (Lipinski definition) is 1. The number of rotatable bonds is 9. The lowest BCUT2D eigenvalue weighted by molar-refractivity contribution is -0.123. The van der Waals surface area contributed by atoms with E-state index >= 15 is 0 Å². The molecule has 0 bridgehead atoms. The number of halogens is 1. The third-order valence-corrected chi connectivity index (χ3v) is 5.44. The van der Waals surface area contributed by atoms with Gasteiger partial charge in [-0.3, -0.25) is 14.6 Å². The van der Waals surface area contributed by atoms with Crippen molar-refractivity contribution in [1.29, 1.82) is 0 Å². The normalized spacial score (nSPS) is 16.0. The molecular formula is C23H30ClN3O2. The van der Waals surface area contributed by atoms with Gasteiger partial charge < -0.3 is 10.1 Å². The summed E-state index contributed by atoms with van der Waals surface area (Å²) < 4.78 is 5.46. The van der Waals surface area contributed by atoms with Gasteiger partial charge in [-0.1, -0.05) is 54.1 Å². The van der Waals surface area contributed by atoms with E-state index in [4.69, 9.17) is 16.3 Å². The Morgan fingerprint density at radius 2 is 1.86 bits per heavy atom. The van der Waals surface area contributed by atoms with Crippen molar-refractivity contribution in [2.45, 2.75) is 26.1 Å². The summed E-state index contributed by atoms with van der Waals surface area (Å²) in [5, 5.41) is 3.71. The third-order valence-electron chi connectivity index (χ3n) is 5.20. The maximum Gasteiger partial charge on any atom is 0.234 e. The summed E-state index contributed by atoms with van der Waals surface area (Å²) in [6, 6.07) is 18.2. The zero-order chi connectivity index (χ0) is 20.5. The molecule has 0 radical (unpaired) electrons. The first-order valence-electron chi connectivity index (χ1n) is 10.2. The summed E-state index contributed by atoms with van der Waals surface area (Å²) in [6.07, 6.45) is 0. The van der Waals surface area contributed by atoms with Gasteiger partial charge in [0.05, 0.1) is 19.8 Å². The lowest BCUT2D eigenvalue weighted by Crippen LogP contribution is -2.48. The molecule has 1 unspecified atom stereocenters. The molecule has 2 aromatic carbocycles. The van der Waals surface area contributed by atoms with Gasteiger partial charge >= 0.3 is 0 Å². The highest BCUT2D eigenvalue weighted by Gasteiger charge is 2.21. The summed E-state index contributed by atoms with van der Waals surface area (Å²) in [5.41, 5.74) is 2.21. The molecule has 29 heavy (non-hydrogen) atoms. The number of nitrogens with one attached hydrogen (secondary N) is 1. The second-order valence-corrected chi connectivity index (χ2v) is 8.00. The molecule has 1 atom stereocenters. The van der Waals surface area contributed by atoms with Crippen molar-refractivity contribution in [3.63, 3.8) is 0 Å². The fourth-order valence-electron chi connectivity index (χ4n) is 3.55. The van der Waals surface area contributed by atoms with E-state index in [1.54, 1.807) is 0 Å². The molecule has 1 saturated heterocycles. The lowest BCUT2D eigenvalue weighted by Gasteiger charge is -2.34. The highest BCUT2D eigenvalue weighted by molar-refractivity contribution is 6.30. The standard InChI is InChI=1S/C23H30ClN3O2/c1-19(16-26-10-12-29-13-11-26)27(17-20-6-3-2-4-7-20)18-23(28)25-15-21-8-5-9-22(24)14-21/h2-9,14,19H,10-13,15-18H2,1H3,(H,25,28). The number of hydrogen-bond acceptors (Lipinski definition) is 4. The molecule has 1 N–H and O–H groups in total. The number of morpholine rings is 1. The molecule has 2 aromatic rings. The predicted octanol–water partition coefficient (Wildman–Crippen LogP) is 3.18. The minimum atomic E-state index is 0.0229. The first-order chi connectivity index (χ1) is 14.1. The van der Waals surface area contributed by atoms with Gasteiger partial charge in [-0.15, -0.1) is 0 Å². The molecule has 0 aliphatic carbocycles. The summed E-state index contributed by atoms with van der Waals surface area (Å²) in [7, 11) is 0. The second kappa shape index (κ2) is 11.3. The third kappa shape index (κ3) is 7.44. The van der Waals surface area contributed by atoms with Crippen LogP contribution in [0.25, 0.3) is 0 Å². The number of amides is 1. The minimum Gasteiger partial charge on any atom is -0.379 e. The average molecular weight is 416 g/mol. The molecular weight excluding hydrogens is 386 g/mol. The van der Waals surface area contributed by atoms with Gasteiger partial charge in [-0.25, -0.2) is 0 Å². The summed E-state index contributed by atoms with van der Waals surface area (Å²) >= 11 is 6.03. The van der Waals surface area contributed by atoms with Crippen molar-refractivity contribution in [1.82, 2.24) is 15.1 Å². The van der Waals surface area contributed by atoms with Crippen molar-refractivity contribution in [2.75, 3.05) is 39.4 Å². The van der Waals surface area contributed by atoms with Crippen LogP contribution in [0.3, 0.4) is 0 Å². The van der Waals surface area contributed by atoms with E-state index < -0.39 is 0 Å². The number of benzene rings is 2. The van der Waals surface area contributed by atoms with Crippen LogP contribution < -0.4 is 5.32 Å². The van der Waals surface area contributed by atoms with Crippen LogP contribution in [0.15, 0.2) is 54.6 Å². The van der Waals surface area contributed by atoms with E-state index in [0.29, 0.717) is 18.1 Å². The smallest absolute Gasteiger partial charge is 0.234 e. The van der Waals surface area contributed by atoms with E-state index in [1.165, 1.54) is 5.56 Å². The Kier molecular flexibility index (Phi) is 8.50. The van der Waals surface area contributed by atoms with Gasteiger partial charge in [0, 0.05) is 43.8 Å². The molecule has 3 rings (SSSR count). The molecule has 0 aromatic heterocycles. The van der Waals surface area contributed by atoms with E-state index in [0.717, 1.165) is 45.0 Å². The van der Waals surface area contributed by atoms with Crippen LogP contribution in [-0.4, -0.2) is 61.1 Å². The SMILES string of the molecule is CC(CN1CCOCC1)N(CC(=O)NCc1cccc(Cl)c1)Cc1ccccc1. The van der Waals surface area contributed by atoms with Crippen LogP contribution in [0.5, 0.6) is 0 Å². The van der Waals surface area contributed by atoms with Crippen molar-refractivity contribution in [3.8, 4) is 0 Å². The number of nitrogens with zero attached hydrogens (tertiary/aromatic N) is 2. The largest absolute Gasteiger partial charge is 0.379 e. The van der Waals surface area contributed by atoms with E-state index in [-0.39, 0.29) is 11.9 Å². The number of ether oxygens (including phenoxy) is 1. The lowest BCUT2D eigenvalue weighted by atomic mass is 10.1. The fraction of sp³-hybridized carbons (Fsp3) is 0.435. The van der Waals surface area contributed by atoms with E-state index in [1.807, 2.05) is 42.5 Å². The van der Waals surface area contributed by atoms with Crippen LogP contribution in [0.2, 0.25) is 5.02 Å². The zero-order valence-electron chi connectivity index (χ0n) is 17.0. The summed E-state index contributed by atoms with van der Waals surface area (Å²) in [6.45, 7) is 8.18. The molecule has 0 spiro atoms. The molecule has 1 aliphatic rings. The molecule has 1 aliphatic heterocycles. The Hall–Kier alpha value is -1.92. The molecule has 0 saturated carbocycles. The highest BCUT2D eigenvalue weighted by atomic mass is 35.5. The van der Waals surface area contributed by atoms with Gasteiger partial charge in [0.25, 0.3) is 0 Å². The fourth-order valence-corrected chi connectivity index (χ4v) is 3.76. The molecule has 5 nitrogen and oxygen atoms in total. The average Bonchev–Trinajstić information content (AvgIpc) is 2.73. The van der Waals surface area contributed by atoms with Crippen molar-refractivity contribution in [3.05, 3.63) is 70.7 Å². The van der Waals surface area contributed by atoms with Gasteiger partial charge in [0.15, 0.2) is 0 Å². The van der Waals surface area contributed by atoms with E-state index in [2.05, 4.69) is 34.2 Å². The first kappa shape index (κ1) is 21.8. The van der Waals surface area contributed by atoms with Crippen LogP contribution in [0.4, 0.5) is 0 Å². The van der Waals surface area contributed by atoms with Crippen molar-refractivity contribution < 1.29 is 9.53 Å². The Balaban J connectivity index is 1.59. The summed E-state index contributed by atoms with van der Waals surface area (Å²) in [4.78, 5) is 17.3. The monoisotopic (exact) mass is 415 g/mol. The summed E-state index contributed by atoms with van der Waals surface area (Å²) in [5.74, 6) is 0.0229. The number of carbonyl (C=O) groups is 1. The topological polar surface area (TPSA) is 44.8 Å². The van der Waals surface area contributed by atoms with Crippen molar-refractivity contribution in [2.24, 2.45) is 0 Å². The van der Waals surface area contributed by atoms with Gasteiger partial charge in [0.2, 0.25) is 5.91 Å². The molecule has 1 heterocycles. The van der Waals surface area contributed by atoms with Crippen LogP contribution in [0, 0.1) is 0 Å². The van der Waals surface area contributed by atoms with E-state index in [9.17, 15) is 4.79 Å². The minimum absolute atomic E-state index is 0.0229. The van der Waals surface area contributed by atoms with Gasteiger partial charge in [-0.2, -0.15) is 0 Å². The van der Waals surface area contributed by atoms with Crippen molar-refractivity contribution >= 4 is 17.5 Å². The van der Waals surface area contributed by atoms with Gasteiger partial charge in [-0.05, 0) is 30.2 Å². The Morgan fingerprint density at radius 1 is 1.14 bits per heavy atom. The second-order valence-electron chi connectivity index (χ2n) is 7.56. The molecule has 1 amide bonds. The Labute approximate surface area is 178 Å². The Morgan fingerprint density at radius 3 is 2.59 bits per heavy atom. The molecule has 6 heteroatoms. The van der Waals surface area contributed by atoms with Gasteiger partial charge in [0.1, 0.15) is 0 Å². The number of carbonyl (C=O) groups excluding carboxylic acids is 1. The maximum absolute atomic E-state index is 12.7. The molecule has 156 valence electrons. The molecule has 1 fully saturated rings. The maximum atomic E-state index is 12.7. The quantitative estimate of drug-likeness (QED) is 0.683. The van der Waals surface area contributed by atoms with Crippen LogP contribution in [0.1, 0.15) is 18.1 Å². The van der Waals surface area contributed by atoms with Crippen LogP contribution >= 0.6 is 11.6 Å². The zero-order valence-corrected chi connectivity index (χ0v) is 17.8.